The molecule has 0 atom stereocenters. The lowest BCUT2D eigenvalue weighted by molar-refractivity contribution is 0.0923. The summed E-state index contributed by atoms with van der Waals surface area (Å²) in [6.45, 7) is 3.91. The Labute approximate surface area is 124 Å². The Kier molecular flexibility index (Phi) is 4.36. The van der Waals surface area contributed by atoms with E-state index in [0.29, 0.717) is 12.3 Å². The Morgan fingerprint density at radius 3 is 2.71 bits per heavy atom. The van der Waals surface area contributed by atoms with Crippen molar-refractivity contribution in [3.05, 3.63) is 59.5 Å². The molecule has 4 nitrogen and oxygen atoms in total. The van der Waals surface area contributed by atoms with Crippen LogP contribution >= 0.6 is 0 Å². The zero-order chi connectivity index (χ0) is 14.5. The largest absolute Gasteiger partial charge is 0.459 e. The third-order valence-electron chi connectivity index (χ3n) is 3.79. The molecule has 110 valence electrons. The third-order valence-corrected chi connectivity index (χ3v) is 3.79. The number of nitrogens with one attached hydrogen (secondary N) is 1. The van der Waals surface area contributed by atoms with Crippen molar-refractivity contribution in [3.63, 3.8) is 0 Å². The van der Waals surface area contributed by atoms with E-state index >= 15 is 0 Å². The van der Waals surface area contributed by atoms with Crippen LogP contribution in [0.25, 0.3) is 0 Å². The summed E-state index contributed by atoms with van der Waals surface area (Å²) < 4.78 is 5.08. The lowest BCUT2D eigenvalue weighted by atomic mass is 10.1. The standard InChI is InChI=1S/C17H20N2O2/c20-17(16-7-4-10-21-16)18-12-14-5-3-6-15(11-14)13-19-8-1-2-9-19/h3-7,10-11H,1-2,8-9,12-13H2,(H,18,20). The van der Waals surface area contributed by atoms with Crippen molar-refractivity contribution in [2.24, 2.45) is 0 Å². The summed E-state index contributed by atoms with van der Waals surface area (Å²) in [6, 6.07) is 11.8. The molecule has 1 amide bonds. The number of rotatable bonds is 5. The second kappa shape index (κ2) is 6.59. The molecule has 3 rings (SSSR count). The molecule has 1 saturated heterocycles. The van der Waals surface area contributed by atoms with Gasteiger partial charge in [-0.25, -0.2) is 0 Å². The fraction of sp³-hybridized carbons (Fsp3) is 0.353. The molecular formula is C17H20N2O2. The molecule has 0 aliphatic carbocycles. The minimum absolute atomic E-state index is 0.176. The van der Waals surface area contributed by atoms with Gasteiger partial charge in [-0.05, 0) is 49.2 Å². The van der Waals surface area contributed by atoms with Crippen molar-refractivity contribution in [2.45, 2.75) is 25.9 Å². The molecule has 0 spiro atoms. The lowest BCUT2D eigenvalue weighted by Gasteiger charge is -2.15. The van der Waals surface area contributed by atoms with E-state index in [2.05, 4.69) is 28.4 Å². The average molecular weight is 284 g/mol. The van der Waals surface area contributed by atoms with E-state index in [0.717, 1.165) is 12.1 Å². The summed E-state index contributed by atoms with van der Waals surface area (Å²) in [4.78, 5) is 14.3. The summed E-state index contributed by atoms with van der Waals surface area (Å²) in [6.07, 6.45) is 4.11. The lowest BCUT2D eigenvalue weighted by Crippen LogP contribution is -2.22. The topological polar surface area (TPSA) is 45.5 Å². The minimum Gasteiger partial charge on any atom is -0.459 e. The molecule has 0 bridgehead atoms. The number of hydrogen-bond acceptors (Lipinski definition) is 3. The number of hydrogen-bond donors (Lipinski definition) is 1. The smallest absolute Gasteiger partial charge is 0.287 e. The van der Waals surface area contributed by atoms with Crippen LogP contribution in [0.5, 0.6) is 0 Å². The molecule has 4 heteroatoms. The Bertz CT molecular complexity index is 587. The van der Waals surface area contributed by atoms with Gasteiger partial charge in [0.2, 0.25) is 0 Å². The van der Waals surface area contributed by atoms with Gasteiger partial charge in [0.15, 0.2) is 5.76 Å². The van der Waals surface area contributed by atoms with Crippen LogP contribution in [0.15, 0.2) is 47.1 Å². The van der Waals surface area contributed by atoms with E-state index in [4.69, 9.17) is 4.42 Å². The van der Waals surface area contributed by atoms with E-state index in [9.17, 15) is 4.79 Å². The number of amides is 1. The Hall–Kier alpha value is -2.07. The van der Waals surface area contributed by atoms with Crippen LogP contribution in [0.2, 0.25) is 0 Å². The first-order valence-corrected chi connectivity index (χ1v) is 7.43. The summed E-state index contributed by atoms with van der Waals surface area (Å²) in [5.74, 6) is 0.174. The number of carbonyl (C=O) groups excluding carboxylic acids is 1. The van der Waals surface area contributed by atoms with E-state index in [1.807, 2.05) is 6.07 Å². The van der Waals surface area contributed by atoms with Gasteiger partial charge in [-0.15, -0.1) is 0 Å². The van der Waals surface area contributed by atoms with Crippen LogP contribution in [0.4, 0.5) is 0 Å². The molecule has 2 heterocycles. The van der Waals surface area contributed by atoms with Crippen LogP contribution < -0.4 is 5.32 Å². The molecule has 2 aromatic rings. The highest BCUT2D eigenvalue weighted by atomic mass is 16.3. The molecule has 1 fully saturated rings. The molecule has 0 unspecified atom stereocenters. The Morgan fingerprint density at radius 1 is 1.14 bits per heavy atom. The number of likely N-dealkylation sites (tertiary alicyclic amines) is 1. The maximum absolute atomic E-state index is 11.8. The normalized spacial score (nSPS) is 15.2. The zero-order valence-corrected chi connectivity index (χ0v) is 12.0. The average Bonchev–Trinajstić information content (AvgIpc) is 3.18. The van der Waals surface area contributed by atoms with Gasteiger partial charge in [-0.2, -0.15) is 0 Å². The quantitative estimate of drug-likeness (QED) is 0.918. The third kappa shape index (κ3) is 3.73. The van der Waals surface area contributed by atoms with Gasteiger partial charge in [0.25, 0.3) is 5.91 Å². The fourth-order valence-corrected chi connectivity index (χ4v) is 2.71. The molecule has 0 saturated carbocycles. The van der Waals surface area contributed by atoms with Crippen LogP contribution in [0, 0.1) is 0 Å². The first kappa shape index (κ1) is 13.9. The van der Waals surface area contributed by atoms with Crippen LogP contribution in [-0.4, -0.2) is 23.9 Å². The predicted octanol–water partition coefficient (Wildman–Crippen LogP) is 2.81. The second-order valence-corrected chi connectivity index (χ2v) is 5.46. The molecule has 1 aliphatic rings. The van der Waals surface area contributed by atoms with Gasteiger partial charge in [-0.3, -0.25) is 9.69 Å². The van der Waals surface area contributed by atoms with Gasteiger partial charge in [0.1, 0.15) is 0 Å². The van der Waals surface area contributed by atoms with Gasteiger partial charge in [-0.1, -0.05) is 24.3 Å². The van der Waals surface area contributed by atoms with Crippen LogP contribution in [0.3, 0.4) is 0 Å². The highest BCUT2D eigenvalue weighted by Gasteiger charge is 2.12. The highest BCUT2D eigenvalue weighted by Crippen LogP contribution is 2.14. The SMILES string of the molecule is O=C(NCc1cccc(CN2CCCC2)c1)c1ccco1. The van der Waals surface area contributed by atoms with E-state index in [1.54, 1.807) is 12.1 Å². The fourth-order valence-electron chi connectivity index (χ4n) is 2.71. The van der Waals surface area contributed by atoms with E-state index in [1.165, 1.54) is 37.8 Å². The van der Waals surface area contributed by atoms with Gasteiger partial charge in [0, 0.05) is 13.1 Å². The van der Waals surface area contributed by atoms with Crippen molar-refractivity contribution < 1.29 is 9.21 Å². The van der Waals surface area contributed by atoms with Crippen molar-refractivity contribution in [1.82, 2.24) is 10.2 Å². The minimum atomic E-state index is -0.176. The number of carbonyl (C=O) groups is 1. The first-order valence-electron chi connectivity index (χ1n) is 7.43. The zero-order valence-electron chi connectivity index (χ0n) is 12.0. The van der Waals surface area contributed by atoms with Crippen molar-refractivity contribution >= 4 is 5.91 Å². The Morgan fingerprint density at radius 2 is 1.95 bits per heavy atom. The number of nitrogens with zero attached hydrogens (tertiary/aromatic N) is 1. The van der Waals surface area contributed by atoms with Crippen molar-refractivity contribution in [3.8, 4) is 0 Å². The first-order chi connectivity index (χ1) is 10.3. The summed E-state index contributed by atoms with van der Waals surface area (Å²) in [5.41, 5.74) is 2.42. The summed E-state index contributed by atoms with van der Waals surface area (Å²) in [5, 5.41) is 2.88. The summed E-state index contributed by atoms with van der Waals surface area (Å²) in [7, 11) is 0. The van der Waals surface area contributed by atoms with Crippen LogP contribution in [0.1, 0.15) is 34.5 Å². The molecule has 1 aromatic carbocycles. The molecule has 1 N–H and O–H groups in total. The number of furan rings is 1. The Balaban J connectivity index is 1.56. The maximum atomic E-state index is 11.8. The second-order valence-electron chi connectivity index (χ2n) is 5.46. The van der Waals surface area contributed by atoms with Crippen molar-refractivity contribution in [2.75, 3.05) is 13.1 Å². The summed E-state index contributed by atoms with van der Waals surface area (Å²) >= 11 is 0. The van der Waals surface area contributed by atoms with Crippen molar-refractivity contribution in [1.29, 1.82) is 0 Å². The van der Waals surface area contributed by atoms with Gasteiger partial charge < -0.3 is 9.73 Å². The molecular weight excluding hydrogens is 264 g/mol. The molecule has 21 heavy (non-hydrogen) atoms. The molecule has 1 aromatic heterocycles. The van der Waals surface area contributed by atoms with Gasteiger partial charge in [0.05, 0.1) is 6.26 Å². The van der Waals surface area contributed by atoms with E-state index < -0.39 is 0 Å². The highest BCUT2D eigenvalue weighted by molar-refractivity contribution is 5.91. The maximum Gasteiger partial charge on any atom is 0.287 e. The van der Waals surface area contributed by atoms with Crippen LogP contribution in [-0.2, 0) is 13.1 Å². The predicted molar refractivity (Wildman–Crippen MR) is 80.8 cm³/mol. The molecule has 0 radical (unpaired) electrons. The van der Waals surface area contributed by atoms with Gasteiger partial charge >= 0.3 is 0 Å². The monoisotopic (exact) mass is 284 g/mol. The van der Waals surface area contributed by atoms with E-state index in [-0.39, 0.29) is 5.91 Å². The number of benzene rings is 1. The molecule has 1 aliphatic heterocycles.